The van der Waals surface area contributed by atoms with Crippen LogP contribution in [0, 0.1) is 13.8 Å². The molecule has 0 aliphatic rings. The van der Waals surface area contributed by atoms with E-state index in [4.69, 9.17) is 4.74 Å². The third kappa shape index (κ3) is 5.93. The van der Waals surface area contributed by atoms with E-state index in [1.54, 1.807) is 6.92 Å². The molecule has 0 aliphatic heterocycles. The van der Waals surface area contributed by atoms with Crippen LogP contribution >= 0.6 is 11.8 Å². The lowest BCUT2D eigenvalue weighted by molar-refractivity contribution is -0.127. The highest BCUT2D eigenvalue weighted by Crippen LogP contribution is 2.18. The van der Waals surface area contributed by atoms with E-state index in [0.29, 0.717) is 6.54 Å². The largest absolute Gasteiger partial charge is 0.481 e. The normalized spacial score (nSPS) is 11.8. The summed E-state index contributed by atoms with van der Waals surface area (Å²) < 4.78 is 5.73. The fourth-order valence-corrected chi connectivity index (χ4v) is 3.12. The fraction of sp³-hybridized carbons (Fsp3) is 0.350. The molecule has 0 aliphatic carbocycles. The standard InChI is InChI=1S/C20H25NO2S/c1-15-7-6-9-18(13-15)14-24-12-11-21-20(22)17(3)23-19-10-5-4-8-16(19)2/h4-10,13,17H,11-12,14H2,1-3H3,(H,21,22)/t17-/m1/s1. The third-order valence-corrected chi connectivity index (χ3v) is 4.69. The van der Waals surface area contributed by atoms with Gasteiger partial charge in [-0.05, 0) is 38.0 Å². The van der Waals surface area contributed by atoms with Gasteiger partial charge in [0.15, 0.2) is 6.10 Å². The van der Waals surface area contributed by atoms with E-state index in [9.17, 15) is 4.79 Å². The van der Waals surface area contributed by atoms with Crippen molar-refractivity contribution in [2.24, 2.45) is 0 Å². The summed E-state index contributed by atoms with van der Waals surface area (Å²) in [5.74, 6) is 2.53. The minimum atomic E-state index is -0.493. The van der Waals surface area contributed by atoms with Crippen LogP contribution in [0.15, 0.2) is 48.5 Å². The van der Waals surface area contributed by atoms with Crippen molar-refractivity contribution in [3.05, 3.63) is 65.2 Å². The molecular weight excluding hydrogens is 318 g/mol. The van der Waals surface area contributed by atoms with Crippen LogP contribution in [0.25, 0.3) is 0 Å². The third-order valence-electron chi connectivity index (χ3n) is 3.66. The zero-order chi connectivity index (χ0) is 17.4. The Balaban J connectivity index is 1.66. The van der Waals surface area contributed by atoms with E-state index >= 15 is 0 Å². The summed E-state index contributed by atoms with van der Waals surface area (Å²) in [6.07, 6.45) is -0.493. The van der Waals surface area contributed by atoms with Gasteiger partial charge in [0, 0.05) is 18.1 Å². The van der Waals surface area contributed by atoms with Gasteiger partial charge in [0.1, 0.15) is 5.75 Å². The molecule has 3 nitrogen and oxygen atoms in total. The van der Waals surface area contributed by atoms with Gasteiger partial charge < -0.3 is 10.1 Å². The molecule has 0 spiro atoms. The maximum Gasteiger partial charge on any atom is 0.260 e. The van der Waals surface area contributed by atoms with Crippen molar-refractivity contribution in [1.82, 2.24) is 5.32 Å². The van der Waals surface area contributed by atoms with Gasteiger partial charge in [-0.2, -0.15) is 11.8 Å². The van der Waals surface area contributed by atoms with Crippen LogP contribution in [0.1, 0.15) is 23.6 Å². The molecule has 0 fully saturated rings. The number of hydrogen-bond donors (Lipinski definition) is 1. The zero-order valence-corrected chi connectivity index (χ0v) is 15.4. The molecule has 0 unspecified atom stereocenters. The van der Waals surface area contributed by atoms with Crippen molar-refractivity contribution in [1.29, 1.82) is 0 Å². The van der Waals surface area contributed by atoms with Gasteiger partial charge in [-0.25, -0.2) is 0 Å². The van der Waals surface area contributed by atoms with E-state index in [0.717, 1.165) is 22.8 Å². The SMILES string of the molecule is Cc1cccc(CSCCNC(=O)[C@@H](C)Oc2ccccc2C)c1. The van der Waals surface area contributed by atoms with Crippen LogP contribution < -0.4 is 10.1 Å². The number of nitrogens with one attached hydrogen (secondary N) is 1. The van der Waals surface area contributed by atoms with E-state index in [-0.39, 0.29) is 5.91 Å². The van der Waals surface area contributed by atoms with Gasteiger partial charge in [0.05, 0.1) is 0 Å². The summed E-state index contributed by atoms with van der Waals surface area (Å²) in [6, 6.07) is 16.2. The number of carbonyl (C=O) groups is 1. The Morgan fingerprint density at radius 1 is 1.17 bits per heavy atom. The van der Waals surface area contributed by atoms with Crippen molar-refractivity contribution < 1.29 is 9.53 Å². The second kappa shape index (κ2) is 9.38. The molecule has 0 aromatic heterocycles. The summed E-state index contributed by atoms with van der Waals surface area (Å²) in [4.78, 5) is 12.1. The Labute approximate surface area is 148 Å². The summed E-state index contributed by atoms with van der Waals surface area (Å²) in [7, 11) is 0. The van der Waals surface area contributed by atoms with Gasteiger partial charge in [-0.1, -0.05) is 48.0 Å². The first-order valence-electron chi connectivity index (χ1n) is 8.19. The van der Waals surface area contributed by atoms with Gasteiger partial charge >= 0.3 is 0 Å². The highest BCUT2D eigenvalue weighted by atomic mass is 32.2. The topological polar surface area (TPSA) is 38.3 Å². The van der Waals surface area contributed by atoms with Crippen molar-refractivity contribution in [2.75, 3.05) is 12.3 Å². The van der Waals surface area contributed by atoms with E-state index in [1.807, 2.05) is 43.0 Å². The lowest BCUT2D eigenvalue weighted by Crippen LogP contribution is -2.37. The average molecular weight is 343 g/mol. The first-order chi connectivity index (χ1) is 11.6. The molecule has 2 rings (SSSR count). The molecule has 24 heavy (non-hydrogen) atoms. The summed E-state index contributed by atoms with van der Waals surface area (Å²) >= 11 is 1.82. The molecule has 0 saturated heterocycles. The Morgan fingerprint density at radius 3 is 2.71 bits per heavy atom. The smallest absolute Gasteiger partial charge is 0.260 e. The van der Waals surface area contributed by atoms with Crippen LogP contribution in [0.4, 0.5) is 0 Å². The zero-order valence-electron chi connectivity index (χ0n) is 14.5. The Kier molecular flexibility index (Phi) is 7.19. The molecule has 128 valence electrons. The molecule has 0 heterocycles. The molecule has 2 aromatic carbocycles. The van der Waals surface area contributed by atoms with Crippen LogP contribution in [-0.2, 0) is 10.5 Å². The number of carbonyl (C=O) groups excluding carboxylic acids is 1. The quantitative estimate of drug-likeness (QED) is 0.733. The van der Waals surface area contributed by atoms with E-state index < -0.39 is 6.10 Å². The summed E-state index contributed by atoms with van der Waals surface area (Å²) in [5, 5.41) is 2.94. The minimum absolute atomic E-state index is 0.0746. The first-order valence-corrected chi connectivity index (χ1v) is 9.35. The van der Waals surface area contributed by atoms with Crippen LogP contribution in [0.5, 0.6) is 5.75 Å². The molecule has 0 saturated carbocycles. The maximum absolute atomic E-state index is 12.1. The minimum Gasteiger partial charge on any atom is -0.481 e. The molecule has 2 aromatic rings. The highest BCUT2D eigenvalue weighted by molar-refractivity contribution is 7.98. The van der Waals surface area contributed by atoms with Crippen LogP contribution in [0.2, 0.25) is 0 Å². The first kappa shape index (κ1) is 18.4. The number of amides is 1. The predicted octanol–water partition coefficient (Wildman–Crippen LogP) is 4.12. The van der Waals surface area contributed by atoms with E-state index in [1.165, 1.54) is 11.1 Å². The fourth-order valence-electron chi connectivity index (χ4n) is 2.31. The predicted molar refractivity (Wildman–Crippen MR) is 102 cm³/mol. The molecule has 0 radical (unpaired) electrons. The second-order valence-electron chi connectivity index (χ2n) is 5.86. The Morgan fingerprint density at radius 2 is 1.96 bits per heavy atom. The number of thioether (sulfide) groups is 1. The molecule has 1 atom stereocenters. The van der Waals surface area contributed by atoms with Gasteiger partial charge in [-0.3, -0.25) is 4.79 Å². The highest BCUT2D eigenvalue weighted by Gasteiger charge is 2.14. The number of aryl methyl sites for hydroxylation is 2. The van der Waals surface area contributed by atoms with Crippen molar-refractivity contribution in [3.8, 4) is 5.75 Å². The maximum atomic E-state index is 12.1. The van der Waals surface area contributed by atoms with Crippen molar-refractivity contribution in [2.45, 2.75) is 32.6 Å². The molecular formula is C20H25NO2S. The summed E-state index contributed by atoms with van der Waals surface area (Å²) in [6.45, 7) is 6.50. The molecule has 4 heteroatoms. The van der Waals surface area contributed by atoms with Gasteiger partial charge in [0.2, 0.25) is 0 Å². The molecule has 0 bridgehead atoms. The second-order valence-corrected chi connectivity index (χ2v) is 6.96. The van der Waals surface area contributed by atoms with Gasteiger partial charge in [-0.15, -0.1) is 0 Å². The number of hydrogen-bond acceptors (Lipinski definition) is 3. The number of benzene rings is 2. The molecule has 1 N–H and O–H groups in total. The lowest BCUT2D eigenvalue weighted by atomic mass is 10.2. The lowest BCUT2D eigenvalue weighted by Gasteiger charge is -2.16. The van der Waals surface area contributed by atoms with Gasteiger partial charge in [0.25, 0.3) is 5.91 Å². The Bertz CT molecular complexity index is 672. The number of para-hydroxylation sites is 1. The molecule has 1 amide bonds. The number of rotatable bonds is 8. The van der Waals surface area contributed by atoms with E-state index in [2.05, 4.69) is 36.5 Å². The van der Waals surface area contributed by atoms with Crippen molar-refractivity contribution >= 4 is 17.7 Å². The van der Waals surface area contributed by atoms with Crippen LogP contribution in [-0.4, -0.2) is 24.3 Å². The van der Waals surface area contributed by atoms with Crippen LogP contribution in [0.3, 0.4) is 0 Å². The average Bonchev–Trinajstić information content (AvgIpc) is 2.56. The number of ether oxygens (including phenoxy) is 1. The monoisotopic (exact) mass is 343 g/mol. The Hall–Kier alpha value is -1.94. The summed E-state index contributed by atoms with van der Waals surface area (Å²) in [5.41, 5.74) is 3.64. The van der Waals surface area contributed by atoms with Crippen molar-refractivity contribution in [3.63, 3.8) is 0 Å².